The Morgan fingerprint density at radius 3 is 3.00 bits per heavy atom. The van der Waals surface area contributed by atoms with Crippen molar-refractivity contribution in [3.63, 3.8) is 0 Å². The zero-order valence-corrected chi connectivity index (χ0v) is 8.04. The van der Waals surface area contributed by atoms with E-state index in [4.69, 9.17) is 21.1 Å². The highest BCUT2D eigenvalue weighted by Crippen LogP contribution is 2.21. The molecule has 1 atom stereocenters. The summed E-state index contributed by atoms with van der Waals surface area (Å²) in [6.07, 6.45) is 1.43. The third kappa shape index (κ3) is 2.11. The van der Waals surface area contributed by atoms with Crippen LogP contribution in [0, 0.1) is 0 Å². The molecule has 0 aliphatic carbocycles. The maximum Gasteiger partial charge on any atom is 0.212 e. The van der Waals surface area contributed by atoms with E-state index in [2.05, 4.69) is 0 Å². The number of aliphatic hydroxyl groups is 1. The molecule has 0 fully saturated rings. The van der Waals surface area contributed by atoms with Crippen LogP contribution in [-0.2, 0) is 0 Å². The first-order valence-corrected chi connectivity index (χ1v) is 4.51. The number of carbonyl (C=O) groups is 1. The normalized spacial score (nSPS) is 12.8. The van der Waals surface area contributed by atoms with Gasteiger partial charge in [0.05, 0.1) is 12.1 Å². The summed E-state index contributed by atoms with van der Waals surface area (Å²) in [4.78, 5) is 11.2. The van der Waals surface area contributed by atoms with Crippen LogP contribution in [0.15, 0.2) is 16.7 Å². The topological polar surface area (TPSA) is 50.4 Å². The second-order valence-corrected chi connectivity index (χ2v) is 3.11. The molecule has 0 saturated heterocycles. The molecule has 1 N–H and O–H groups in total. The third-order valence-electron chi connectivity index (χ3n) is 1.88. The van der Waals surface area contributed by atoms with E-state index in [1.807, 2.05) is 6.92 Å². The first-order valence-electron chi connectivity index (χ1n) is 3.98. The van der Waals surface area contributed by atoms with Crippen LogP contribution in [0.25, 0.3) is 0 Å². The van der Waals surface area contributed by atoms with E-state index in [0.29, 0.717) is 5.56 Å². The molecule has 1 aromatic heterocycles. The number of halogens is 1. The Bertz CT molecular complexity index is 293. The van der Waals surface area contributed by atoms with Gasteiger partial charge in [0, 0.05) is 18.1 Å². The second kappa shape index (κ2) is 4.44. The zero-order chi connectivity index (χ0) is 9.84. The van der Waals surface area contributed by atoms with Gasteiger partial charge in [0.2, 0.25) is 5.78 Å². The van der Waals surface area contributed by atoms with E-state index >= 15 is 0 Å². The van der Waals surface area contributed by atoms with Crippen molar-refractivity contribution in [3.8, 4) is 0 Å². The molecule has 0 spiro atoms. The molecule has 0 aromatic carbocycles. The van der Waals surface area contributed by atoms with Gasteiger partial charge in [-0.3, -0.25) is 4.79 Å². The maximum absolute atomic E-state index is 11.2. The molecule has 1 rings (SSSR count). The van der Waals surface area contributed by atoms with Crippen LogP contribution in [0.2, 0.25) is 0 Å². The van der Waals surface area contributed by atoms with Gasteiger partial charge in [0.25, 0.3) is 0 Å². The average Bonchev–Trinajstić information content (AvgIpc) is 2.63. The summed E-state index contributed by atoms with van der Waals surface area (Å²) < 4.78 is 5.00. The van der Waals surface area contributed by atoms with Crippen molar-refractivity contribution in [1.29, 1.82) is 0 Å². The van der Waals surface area contributed by atoms with Crippen molar-refractivity contribution < 1.29 is 14.3 Å². The van der Waals surface area contributed by atoms with Gasteiger partial charge >= 0.3 is 0 Å². The molecule has 1 unspecified atom stereocenters. The molecule has 13 heavy (non-hydrogen) atoms. The van der Waals surface area contributed by atoms with Crippen molar-refractivity contribution in [2.75, 3.05) is 12.5 Å². The van der Waals surface area contributed by atoms with Crippen molar-refractivity contribution in [3.05, 3.63) is 23.7 Å². The first kappa shape index (κ1) is 10.3. The largest absolute Gasteiger partial charge is 0.461 e. The van der Waals surface area contributed by atoms with Gasteiger partial charge in [0.1, 0.15) is 0 Å². The van der Waals surface area contributed by atoms with Crippen molar-refractivity contribution >= 4 is 17.4 Å². The number of carbonyl (C=O) groups excluding carboxylic acids is 1. The van der Waals surface area contributed by atoms with Gasteiger partial charge in [-0.25, -0.2) is 0 Å². The fraction of sp³-hybridized carbons (Fsp3) is 0.444. The fourth-order valence-electron chi connectivity index (χ4n) is 1.09. The van der Waals surface area contributed by atoms with Crippen molar-refractivity contribution in [1.82, 2.24) is 0 Å². The Balaban J connectivity index is 2.95. The Morgan fingerprint density at radius 1 is 1.77 bits per heavy atom. The number of ketones is 1. The Morgan fingerprint density at radius 2 is 2.46 bits per heavy atom. The minimum atomic E-state index is -0.248. The minimum Gasteiger partial charge on any atom is -0.461 e. The standard InChI is InChI=1S/C9H11ClO3/c1-6(5-11)7-2-3-13-9(7)8(12)4-10/h2-3,6,11H,4-5H2,1H3. The number of furan rings is 1. The summed E-state index contributed by atoms with van der Waals surface area (Å²) in [5.41, 5.74) is 0.716. The third-order valence-corrected chi connectivity index (χ3v) is 2.12. The van der Waals surface area contributed by atoms with Gasteiger partial charge in [-0.2, -0.15) is 0 Å². The molecule has 0 amide bonds. The maximum atomic E-state index is 11.2. The molecule has 0 aliphatic rings. The van der Waals surface area contributed by atoms with E-state index in [1.54, 1.807) is 6.07 Å². The zero-order valence-electron chi connectivity index (χ0n) is 7.29. The van der Waals surface area contributed by atoms with Gasteiger partial charge in [-0.05, 0) is 6.07 Å². The number of hydrogen-bond acceptors (Lipinski definition) is 3. The highest BCUT2D eigenvalue weighted by molar-refractivity contribution is 6.30. The Labute approximate surface area is 81.3 Å². The lowest BCUT2D eigenvalue weighted by Gasteiger charge is -2.05. The molecule has 0 aliphatic heterocycles. The summed E-state index contributed by atoms with van der Waals surface area (Å²) in [5.74, 6) is -0.182. The smallest absolute Gasteiger partial charge is 0.212 e. The predicted octanol–water partition coefficient (Wildman–Crippen LogP) is 1.80. The number of rotatable bonds is 4. The molecule has 4 heteroatoms. The molecule has 1 heterocycles. The number of hydrogen-bond donors (Lipinski definition) is 1. The number of aliphatic hydroxyl groups excluding tert-OH is 1. The molecule has 0 radical (unpaired) electrons. The number of Topliss-reactive ketones (excluding diaryl/α,β-unsaturated/α-hetero) is 1. The lowest BCUT2D eigenvalue weighted by molar-refractivity contribution is 0.0988. The summed E-state index contributed by atoms with van der Waals surface area (Å²) in [6, 6.07) is 1.68. The van der Waals surface area contributed by atoms with Crippen LogP contribution < -0.4 is 0 Å². The van der Waals surface area contributed by atoms with E-state index in [0.717, 1.165) is 0 Å². The SMILES string of the molecule is CC(CO)c1ccoc1C(=O)CCl. The predicted molar refractivity (Wildman–Crippen MR) is 49.3 cm³/mol. The average molecular weight is 203 g/mol. The van der Waals surface area contributed by atoms with E-state index < -0.39 is 0 Å². The highest BCUT2D eigenvalue weighted by Gasteiger charge is 2.18. The molecular weight excluding hydrogens is 192 g/mol. The molecule has 0 saturated carbocycles. The van der Waals surface area contributed by atoms with Gasteiger partial charge in [0.15, 0.2) is 5.76 Å². The second-order valence-electron chi connectivity index (χ2n) is 2.85. The molecule has 3 nitrogen and oxygen atoms in total. The van der Waals surface area contributed by atoms with Crippen LogP contribution in [0.4, 0.5) is 0 Å². The lowest BCUT2D eigenvalue weighted by atomic mass is 10.0. The van der Waals surface area contributed by atoms with Crippen LogP contribution in [0.5, 0.6) is 0 Å². The first-order chi connectivity index (χ1) is 6.20. The molecule has 1 aromatic rings. The lowest BCUT2D eigenvalue weighted by Crippen LogP contribution is -2.06. The molecule has 72 valence electrons. The van der Waals surface area contributed by atoms with Crippen molar-refractivity contribution in [2.24, 2.45) is 0 Å². The van der Waals surface area contributed by atoms with Gasteiger partial charge in [-0.1, -0.05) is 6.92 Å². The van der Waals surface area contributed by atoms with Crippen LogP contribution in [0.1, 0.15) is 29.0 Å². The summed E-state index contributed by atoms with van der Waals surface area (Å²) >= 11 is 5.39. The van der Waals surface area contributed by atoms with Gasteiger partial charge < -0.3 is 9.52 Å². The van der Waals surface area contributed by atoms with E-state index in [9.17, 15) is 4.79 Å². The Hall–Kier alpha value is -0.800. The van der Waals surface area contributed by atoms with Gasteiger partial charge in [-0.15, -0.1) is 11.6 Å². The summed E-state index contributed by atoms with van der Waals surface area (Å²) in [5, 5.41) is 8.90. The van der Waals surface area contributed by atoms with Crippen LogP contribution in [-0.4, -0.2) is 23.4 Å². The molecule has 0 bridgehead atoms. The number of alkyl halides is 1. The van der Waals surface area contributed by atoms with Crippen molar-refractivity contribution in [2.45, 2.75) is 12.8 Å². The van der Waals surface area contributed by atoms with Crippen LogP contribution in [0.3, 0.4) is 0 Å². The minimum absolute atomic E-state index is 0.0118. The summed E-state index contributed by atoms with van der Waals surface area (Å²) in [7, 11) is 0. The molecular formula is C9H11ClO3. The van der Waals surface area contributed by atoms with E-state index in [-0.39, 0.29) is 29.9 Å². The summed E-state index contributed by atoms with van der Waals surface area (Å²) in [6.45, 7) is 1.80. The quantitative estimate of drug-likeness (QED) is 0.598. The monoisotopic (exact) mass is 202 g/mol. The highest BCUT2D eigenvalue weighted by atomic mass is 35.5. The fourth-order valence-corrected chi connectivity index (χ4v) is 1.21. The van der Waals surface area contributed by atoms with E-state index in [1.165, 1.54) is 6.26 Å². The Kier molecular flexibility index (Phi) is 3.51. The van der Waals surface area contributed by atoms with Crippen LogP contribution >= 0.6 is 11.6 Å².